The molecule has 6 heteroatoms. The van der Waals surface area contributed by atoms with Crippen molar-refractivity contribution in [2.24, 2.45) is 0 Å². The minimum Gasteiger partial charge on any atom is -0.454 e. The molecule has 1 amide bonds. The van der Waals surface area contributed by atoms with Gasteiger partial charge in [-0.05, 0) is 30.7 Å². The van der Waals surface area contributed by atoms with Gasteiger partial charge in [-0.2, -0.15) is 0 Å². The van der Waals surface area contributed by atoms with E-state index in [0.717, 1.165) is 11.4 Å². The normalized spacial score (nSPS) is 12.2. The summed E-state index contributed by atoms with van der Waals surface area (Å²) in [5, 5.41) is 3.79. The molecule has 5 nitrogen and oxygen atoms in total. The number of ether oxygens (including phenoxy) is 2. The summed E-state index contributed by atoms with van der Waals surface area (Å²) in [6.45, 7) is 2.69. The molecule has 2 aromatic carbocycles. The number of hydrogen-bond donors (Lipinski definition) is 1. The molecule has 0 fully saturated rings. The number of aryl methyl sites for hydroxylation is 1. The maximum absolute atomic E-state index is 12.3. The van der Waals surface area contributed by atoms with Crippen LogP contribution in [0.3, 0.4) is 0 Å². The molecule has 0 radical (unpaired) electrons. The molecule has 1 aliphatic heterocycles. The molecule has 26 heavy (non-hydrogen) atoms. The van der Waals surface area contributed by atoms with Crippen LogP contribution in [0.4, 0.5) is 0 Å². The fourth-order valence-corrected chi connectivity index (χ4v) is 3.61. The standard InChI is InChI=1S/C20H18N2O3S/c1-13-2-4-14(5-3-13)8-16-10-21-19(26-16)11-22-20(23)15-6-7-17-18(9-15)25-12-24-17/h2-7,9-10H,8,11-12H2,1H3,(H,22,23). The van der Waals surface area contributed by atoms with Crippen molar-refractivity contribution in [2.45, 2.75) is 19.9 Å². The number of amides is 1. The number of hydrogen-bond acceptors (Lipinski definition) is 5. The first kappa shape index (κ1) is 16.6. The lowest BCUT2D eigenvalue weighted by molar-refractivity contribution is 0.0950. The molecule has 0 spiro atoms. The van der Waals surface area contributed by atoms with Crippen LogP contribution in [0.2, 0.25) is 0 Å². The van der Waals surface area contributed by atoms with E-state index in [9.17, 15) is 4.79 Å². The number of thiazole rings is 1. The number of carbonyl (C=O) groups excluding carboxylic acids is 1. The molecule has 1 aromatic heterocycles. The highest BCUT2D eigenvalue weighted by Gasteiger charge is 2.16. The van der Waals surface area contributed by atoms with Crippen molar-refractivity contribution in [3.8, 4) is 11.5 Å². The van der Waals surface area contributed by atoms with Gasteiger partial charge in [0.15, 0.2) is 11.5 Å². The lowest BCUT2D eigenvalue weighted by atomic mass is 10.1. The van der Waals surface area contributed by atoms with Crippen LogP contribution >= 0.6 is 11.3 Å². The van der Waals surface area contributed by atoms with Crippen molar-refractivity contribution in [3.05, 3.63) is 75.2 Å². The quantitative estimate of drug-likeness (QED) is 0.748. The van der Waals surface area contributed by atoms with Gasteiger partial charge in [0.05, 0.1) is 6.54 Å². The van der Waals surface area contributed by atoms with Crippen LogP contribution in [0.15, 0.2) is 48.7 Å². The minimum absolute atomic E-state index is 0.154. The summed E-state index contributed by atoms with van der Waals surface area (Å²) in [6.07, 6.45) is 2.74. The average molecular weight is 366 g/mol. The molecule has 0 unspecified atom stereocenters. The largest absolute Gasteiger partial charge is 0.454 e. The maximum atomic E-state index is 12.3. The fraction of sp³-hybridized carbons (Fsp3) is 0.200. The maximum Gasteiger partial charge on any atom is 0.251 e. The molecule has 2 heterocycles. The van der Waals surface area contributed by atoms with Crippen molar-refractivity contribution in [1.29, 1.82) is 0 Å². The van der Waals surface area contributed by atoms with E-state index < -0.39 is 0 Å². The van der Waals surface area contributed by atoms with Gasteiger partial charge in [-0.15, -0.1) is 11.3 Å². The highest BCUT2D eigenvalue weighted by atomic mass is 32.1. The van der Waals surface area contributed by atoms with Crippen LogP contribution in [0.5, 0.6) is 11.5 Å². The van der Waals surface area contributed by atoms with Gasteiger partial charge < -0.3 is 14.8 Å². The second kappa shape index (κ2) is 7.17. The molecule has 0 atom stereocenters. The molecule has 0 saturated heterocycles. The fourth-order valence-electron chi connectivity index (χ4n) is 2.71. The Labute approximate surface area is 155 Å². The number of aromatic nitrogens is 1. The van der Waals surface area contributed by atoms with Gasteiger partial charge in [-0.3, -0.25) is 4.79 Å². The molecule has 4 rings (SSSR count). The van der Waals surface area contributed by atoms with Gasteiger partial charge in [0.1, 0.15) is 5.01 Å². The first-order valence-electron chi connectivity index (χ1n) is 8.34. The zero-order chi connectivity index (χ0) is 17.9. The second-order valence-corrected chi connectivity index (χ2v) is 7.33. The van der Waals surface area contributed by atoms with Gasteiger partial charge in [-0.1, -0.05) is 29.8 Å². The molecule has 1 N–H and O–H groups in total. The van der Waals surface area contributed by atoms with Crippen molar-refractivity contribution in [1.82, 2.24) is 10.3 Å². The molecule has 0 aliphatic carbocycles. The topological polar surface area (TPSA) is 60.5 Å². The summed E-state index contributed by atoms with van der Waals surface area (Å²) in [6, 6.07) is 13.7. The van der Waals surface area contributed by atoms with Crippen LogP contribution in [0.1, 0.15) is 31.4 Å². The van der Waals surface area contributed by atoms with Crippen LogP contribution in [-0.4, -0.2) is 17.7 Å². The smallest absolute Gasteiger partial charge is 0.251 e. The zero-order valence-corrected chi connectivity index (χ0v) is 15.1. The molecular formula is C20H18N2O3S. The summed E-state index contributed by atoms with van der Waals surface area (Å²) in [5.74, 6) is 1.12. The Morgan fingerprint density at radius 1 is 1.15 bits per heavy atom. The van der Waals surface area contributed by atoms with Crippen molar-refractivity contribution >= 4 is 17.2 Å². The summed E-state index contributed by atoms with van der Waals surface area (Å²) < 4.78 is 10.6. The highest BCUT2D eigenvalue weighted by molar-refractivity contribution is 7.11. The first-order valence-corrected chi connectivity index (χ1v) is 9.16. The Morgan fingerprint density at radius 3 is 2.81 bits per heavy atom. The summed E-state index contributed by atoms with van der Waals surface area (Å²) in [7, 11) is 0. The Bertz CT molecular complexity index is 934. The van der Waals surface area contributed by atoms with E-state index in [2.05, 4.69) is 41.5 Å². The van der Waals surface area contributed by atoms with E-state index >= 15 is 0 Å². The van der Waals surface area contributed by atoms with Crippen LogP contribution in [0, 0.1) is 6.92 Å². The summed E-state index contributed by atoms with van der Waals surface area (Å²) >= 11 is 1.62. The predicted molar refractivity (Wildman–Crippen MR) is 99.8 cm³/mol. The lowest BCUT2D eigenvalue weighted by Gasteiger charge is -2.04. The van der Waals surface area contributed by atoms with Gasteiger partial charge >= 0.3 is 0 Å². The van der Waals surface area contributed by atoms with Gasteiger partial charge in [0.25, 0.3) is 5.91 Å². The van der Waals surface area contributed by atoms with E-state index in [-0.39, 0.29) is 12.7 Å². The lowest BCUT2D eigenvalue weighted by Crippen LogP contribution is -2.22. The number of benzene rings is 2. The van der Waals surface area contributed by atoms with Crippen molar-refractivity contribution in [3.63, 3.8) is 0 Å². The van der Waals surface area contributed by atoms with E-state index in [4.69, 9.17) is 9.47 Å². The monoisotopic (exact) mass is 366 g/mol. The third kappa shape index (κ3) is 3.70. The van der Waals surface area contributed by atoms with Gasteiger partial charge in [0, 0.05) is 23.1 Å². The van der Waals surface area contributed by atoms with Crippen LogP contribution in [-0.2, 0) is 13.0 Å². The molecular weight excluding hydrogens is 348 g/mol. The Morgan fingerprint density at radius 2 is 1.96 bits per heavy atom. The van der Waals surface area contributed by atoms with Crippen LogP contribution in [0.25, 0.3) is 0 Å². The predicted octanol–water partition coefficient (Wildman–Crippen LogP) is 3.70. The van der Waals surface area contributed by atoms with Crippen molar-refractivity contribution in [2.75, 3.05) is 6.79 Å². The Kier molecular flexibility index (Phi) is 4.58. The molecule has 0 bridgehead atoms. The molecule has 0 saturated carbocycles. The number of carbonyl (C=O) groups is 1. The first-order chi connectivity index (χ1) is 12.7. The number of nitrogens with one attached hydrogen (secondary N) is 1. The third-order valence-corrected chi connectivity index (χ3v) is 5.13. The van der Waals surface area contributed by atoms with E-state index in [1.54, 1.807) is 29.5 Å². The van der Waals surface area contributed by atoms with E-state index in [0.29, 0.717) is 23.6 Å². The molecule has 3 aromatic rings. The van der Waals surface area contributed by atoms with Gasteiger partial charge in [-0.25, -0.2) is 4.98 Å². The number of rotatable bonds is 5. The number of fused-ring (bicyclic) bond motifs is 1. The SMILES string of the molecule is Cc1ccc(Cc2cnc(CNC(=O)c3ccc4c(c3)OCO4)s2)cc1. The van der Waals surface area contributed by atoms with E-state index in [1.165, 1.54) is 16.0 Å². The molecule has 132 valence electrons. The third-order valence-electron chi connectivity index (χ3n) is 4.14. The Balaban J connectivity index is 1.35. The number of nitrogens with zero attached hydrogens (tertiary/aromatic N) is 1. The Hall–Kier alpha value is -2.86. The van der Waals surface area contributed by atoms with Crippen molar-refractivity contribution < 1.29 is 14.3 Å². The zero-order valence-electron chi connectivity index (χ0n) is 14.3. The van der Waals surface area contributed by atoms with Crippen LogP contribution < -0.4 is 14.8 Å². The summed E-state index contributed by atoms with van der Waals surface area (Å²) in [4.78, 5) is 17.9. The highest BCUT2D eigenvalue weighted by Crippen LogP contribution is 2.32. The summed E-state index contributed by atoms with van der Waals surface area (Å²) in [5.41, 5.74) is 3.06. The van der Waals surface area contributed by atoms with Gasteiger partial charge in [0.2, 0.25) is 6.79 Å². The minimum atomic E-state index is -0.154. The molecule has 1 aliphatic rings. The van der Waals surface area contributed by atoms with E-state index in [1.807, 2.05) is 6.20 Å². The average Bonchev–Trinajstić information content (AvgIpc) is 3.30. The second-order valence-electron chi connectivity index (χ2n) is 6.13.